The third-order valence-electron chi connectivity index (χ3n) is 5.36. The first-order valence-electron chi connectivity index (χ1n) is 7.81. The SMILES string of the molecule is CC1NCCCC1C(=O)N1CCCC2CCCC21. The van der Waals surface area contributed by atoms with Crippen molar-refractivity contribution in [2.45, 2.75) is 64.0 Å². The average molecular weight is 250 g/mol. The number of nitrogens with zero attached hydrogens (tertiary/aromatic N) is 1. The molecule has 3 nitrogen and oxygen atoms in total. The van der Waals surface area contributed by atoms with Crippen molar-refractivity contribution in [3.8, 4) is 0 Å². The highest BCUT2D eigenvalue weighted by molar-refractivity contribution is 5.80. The average Bonchev–Trinajstić information content (AvgIpc) is 2.86. The Hall–Kier alpha value is -0.570. The number of fused-ring (bicyclic) bond motifs is 1. The standard InChI is InChI=1S/C15H26N2O/c1-11-13(7-3-9-16-11)15(18)17-10-4-6-12-5-2-8-14(12)17/h11-14,16H,2-10H2,1H3. The third kappa shape index (κ3) is 2.18. The van der Waals surface area contributed by atoms with E-state index in [1.54, 1.807) is 0 Å². The van der Waals surface area contributed by atoms with Crippen molar-refractivity contribution in [1.29, 1.82) is 0 Å². The Morgan fingerprint density at radius 3 is 2.78 bits per heavy atom. The Balaban J connectivity index is 1.70. The molecule has 3 fully saturated rings. The Bertz CT molecular complexity index is 318. The zero-order valence-electron chi connectivity index (χ0n) is 11.5. The van der Waals surface area contributed by atoms with Crippen LogP contribution in [0.3, 0.4) is 0 Å². The predicted molar refractivity (Wildman–Crippen MR) is 72.3 cm³/mol. The number of rotatable bonds is 1. The minimum atomic E-state index is 0.234. The first-order valence-corrected chi connectivity index (χ1v) is 7.81. The molecule has 0 spiro atoms. The molecule has 3 heteroatoms. The van der Waals surface area contributed by atoms with Gasteiger partial charge in [0.1, 0.15) is 0 Å². The summed E-state index contributed by atoms with van der Waals surface area (Å²) < 4.78 is 0. The van der Waals surface area contributed by atoms with E-state index in [4.69, 9.17) is 0 Å². The highest BCUT2D eigenvalue weighted by Gasteiger charge is 2.40. The number of likely N-dealkylation sites (tertiary alicyclic amines) is 1. The van der Waals surface area contributed by atoms with Gasteiger partial charge >= 0.3 is 0 Å². The Morgan fingerprint density at radius 2 is 1.94 bits per heavy atom. The van der Waals surface area contributed by atoms with Crippen molar-refractivity contribution in [3.05, 3.63) is 0 Å². The van der Waals surface area contributed by atoms with Crippen molar-refractivity contribution in [2.75, 3.05) is 13.1 Å². The molecule has 1 amide bonds. The fourth-order valence-electron chi connectivity index (χ4n) is 4.32. The van der Waals surface area contributed by atoms with Crippen molar-refractivity contribution < 1.29 is 4.79 Å². The van der Waals surface area contributed by atoms with E-state index < -0.39 is 0 Å². The van der Waals surface area contributed by atoms with E-state index in [2.05, 4.69) is 17.1 Å². The lowest BCUT2D eigenvalue weighted by Crippen LogP contribution is -2.53. The van der Waals surface area contributed by atoms with Crippen LogP contribution < -0.4 is 5.32 Å². The second-order valence-electron chi connectivity index (χ2n) is 6.42. The van der Waals surface area contributed by atoms with Gasteiger partial charge in [-0.15, -0.1) is 0 Å². The molecule has 3 rings (SSSR count). The number of carbonyl (C=O) groups is 1. The summed E-state index contributed by atoms with van der Waals surface area (Å²) in [6.07, 6.45) is 8.76. The van der Waals surface area contributed by atoms with Crippen molar-refractivity contribution in [1.82, 2.24) is 10.2 Å². The van der Waals surface area contributed by atoms with E-state index in [0.29, 0.717) is 18.0 Å². The minimum absolute atomic E-state index is 0.234. The van der Waals surface area contributed by atoms with Crippen molar-refractivity contribution in [3.63, 3.8) is 0 Å². The highest BCUT2D eigenvalue weighted by Crippen LogP contribution is 2.38. The quantitative estimate of drug-likeness (QED) is 0.773. The fraction of sp³-hybridized carbons (Fsp3) is 0.933. The maximum Gasteiger partial charge on any atom is 0.227 e. The van der Waals surface area contributed by atoms with Gasteiger partial charge in [-0.2, -0.15) is 0 Å². The van der Waals surface area contributed by atoms with Gasteiger partial charge in [0.05, 0.1) is 5.92 Å². The van der Waals surface area contributed by atoms with Gasteiger partial charge in [0.15, 0.2) is 0 Å². The van der Waals surface area contributed by atoms with E-state index in [9.17, 15) is 4.79 Å². The largest absolute Gasteiger partial charge is 0.339 e. The van der Waals surface area contributed by atoms with Gasteiger partial charge in [-0.3, -0.25) is 4.79 Å². The minimum Gasteiger partial charge on any atom is -0.339 e. The second-order valence-corrected chi connectivity index (χ2v) is 6.42. The lowest BCUT2D eigenvalue weighted by atomic mass is 9.86. The van der Waals surface area contributed by atoms with Crippen LogP contribution in [0.5, 0.6) is 0 Å². The van der Waals surface area contributed by atoms with Crippen LogP contribution in [0, 0.1) is 11.8 Å². The molecule has 0 bridgehead atoms. The van der Waals surface area contributed by atoms with E-state index >= 15 is 0 Å². The molecule has 2 saturated heterocycles. The molecule has 4 atom stereocenters. The van der Waals surface area contributed by atoms with Crippen LogP contribution in [-0.2, 0) is 4.79 Å². The zero-order chi connectivity index (χ0) is 12.5. The topological polar surface area (TPSA) is 32.3 Å². The van der Waals surface area contributed by atoms with Gasteiger partial charge < -0.3 is 10.2 Å². The van der Waals surface area contributed by atoms with Crippen molar-refractivity contribution in [2.24, 2.45) is 11.8 Å². The molecule has 0 aromatic rings. The van der Waals surface area contributed by atoms with Gasteiger partial charge in [-0.1, -0.05) is 6.42 Å². The smallest absolute Gasteiger partial charge is 0.227 e. The van der Waals surface area contributed by atoms with Crippen molar-refractivity contribution >= 4 is 5.91 Å². The molecule has 0 aromatic heterocycles. The number of carbonyl (C=O) groups excluding carboxylic acids is 1. The number of hydrogen-bond donors (Lipinski definition) is 1. The molecular formula is C15H26N2O. The number of piperidine rings is 2. The summed E-state index contributed by atoms with van der Waals surface area (Å²) in [6, 6.07) is 0.952. The second kappa shape index (κ2) is 5.20. The number of nitrogens with one attached hydrogen (secondary N) is 1. The molecule has 2 aliphatic heterocycles. The Labute approximate surface area is 110 Å². The molecule has 2 heterocycles. The van der Waals surface area contributed by atoms with E-state index in [0.717, 1.165) is 31.8 Å². The molecule has 0 radical (unpaired) electrons. The molecule has 1 N–H and O–H groups in total. The monoisotopic (exact) mass is 250 g/mol. The van der Waals surface area contributed by atoms with Crippen LogP contribution in [0.4, 0.5) is 0 Å². The van der Waals surface area contributed by atoms with Crippen LogP contribution in [0.2, 0.25) is 0 Å². The summed E-state index contributed by atoms with van der Waals surface area (Å²) in [4.78, 5) is 15.1. The summed E-state index contributed by atoms with van der Waals surface area (Å²) in [5, 5.41) is 3.46. The molecule has 102 valence electrons. The summed E-state index contributed by atoms with van der Waals surface area (Å²) in [6.45, 7) is 4.28. The van der Waals surface area contributed by atoms with Gasteiger partial charge in [0.2, 0.25) is 5.91 Å². The maximum atomic E-state index is 12.8. The van der Waals surface area contributed by atoms with Crippen LogP contribution in [0.25, 0.3) is 0 Å². The third-order valence-corrected chi connectivity index (χ3v) is 5.36. The lowest BCUT2D eigenvalue weighted by Gasteiger charge is -2.41. The Kier molecular flexibility index (Phi) is 3.60. The maximum absolute atomic E-state index is 12.8. The van der Waals surface area contributed by atoms with E-state index in [1.807, 2.05) is 0 Å². The normalized spacial score (nSPS) is 40.6. The van der Waals surface area contributed by atoms with Gasteiger partial charge in [-0.05, 0) is 57.9 Å². The first kappa shape index (κ1) is 12.5. The van der Waals surface area contributed by atoms with Crippen LogP contribution in [0.15, 0.2) is 0 Å². The summed E-state index contributed by atoms with van der Waals surface area (Å²) in [5.74, 6) is 1.50. The van der Waals surface area contributed by atoms with Crippen LogP contribution in [0.1, 0.15) is 51.9 Å². The number of amides is 1. The van der Waals surface area contributed by atoms with Crippen LogP contribution >= 0.6 is 0 Å². The van der Waals surface area contributed by atoms with E-state index in [1.165, 1.54) is 32.1 Å². The molecule has 0 aromatic carbocycles. The molecule has 4 unspecified atom stereocenters. The van der Waals surface area contributed by atoms with E-state index in [-0.39, 0.29) is 5.92 Å². The van der Waals surface area contributed by atoms with Gasteiger partial charge in [0.25, 0.3) is 0 Å². The van der Waals surface area contributed by atoms with Gasteiger partial charge in [0, 0.05) is 18.6 Å². The predicted octanol–water partition coefficient (Wildman–Crippen LogP) is 2.17. The summed E-state index contributed by atoms with van der Waals surface area (Å²) in [5.41, 5.74) is 0. The lowest BCUT2D eigenvalue weighted by molar-refractivity contribution is -0.142. The summed E-state index contributed by atoms with van der Waals surface area (Å²) >= 11 is 0. The molecule has 18 heavy (non-hydrogen) atoms. The molecule has 3 aliphatic rings. The number of hydrogen-bond acceptors (Lipinski definition) is 2. The van der Waals surface area contributed by atoms with Gasteiger partial charge in [-0.25, -0.2) is 0 Å². The fourth-order valence-corrected chi connectivity index (χ4v) is 4.32. The molecule has 1 aliphatic carbocycles. The Morgan fingerprint density at radius 1 is 1.11 bits per heavy atom. The zero-order valence-corrected chi connectivity index (χ0v) is 11.5. The van der Waals surface area contributed by atoms with Crippen LogP contribution in [-0.4, -0.2) is 36.0 Å². The highest BCUT2D eigenvalue weighted by atomic mass is 16.2. The summed E-state index contributed by atoms with van der Waals surface area (Å²) in [7, 11) is 0. The first-order chi connectivity index (χ1) is 8.77. The molecular weight excluding hydrogens is 224 g/mol. The molecule has 1 saturated carbocycles.